The van der Waals surface area contributed by atoms with Gasteiger partial charge in [0.05, 0.1) is 6.61 Å². The third-order valence-corrected chi connectivity index (χ3v) is 2.94. The van der Waals surface area contributed by atoms with Gasteiger partial charge in [0, 0.05) is 25.8 Å². The SMILES string of the molecule is CCCCCOc1ccc(C(=O)NCCCOC)cc1. The zero-order valence-electron chi connectivity index (χ0n) is 12.5. The number of ether oxygens (including phenoxy) is 2. The smallest absolute Gasteiger partial charge is 0.251 e. The van der Waals surface area contributed by atoms with Crippen molar-refractivity contribution in [2.24, 2.45) is 0 Å². The minimum atomic E-state index is -0.0568. The van der Waals surface area contributed by atoms with Gasteiger partial charge < -0.3 is 14.8 Å². The molecule has 0 fully saturated rings. The molecule has 0 aromatic heterocycles. The van der Waals surface area contributed by atoms with Crippen LogP contribution < -0.4 is 10.1 Å². The Morgan fingerprint density at radius 2 is 1.85 bits per heavy atom. The first-order valence-corrected chi connectivity index (χ1v) is 7.28. The molecule has 0 saturated heterocycles. The highest BCUT2D eigenvalue weighted by Gasteiger charge is 2.04. The Bertz CT molecular complexity index is 376. The maximum absolute atomic E-state index is 11.8. The average Bonchev–Trinajstić information content (AvgIpc) is 2.48. The van der Waals surface area contributed by atoms with Crippen molar-refractivity contribution < 1.29 is 14.3 Å². The van der Waals surface area contributed by atoms with Crippen molar-refractivity contribution in [2.75, 3.05) is 26.9 Å². The highest BCUT2D eigenvalue weighted by Crippen LogP contribution is 2.12. The minimum absolute atomic E-state index is 0.0568. The van der Waals surface area contributed by atoms with E-state index in [1.165, 1.54) is 12.8 Å². The summed E-state index contributed by atoms with van der Waals surface area (Å²) in [5.41, 5.74) is 0.656. The summed E-state index contributed by atoms with van der Waals surface area (Å²) in [6.07, 6.45) is 4.26. The second-order valence-electron chi connectivity index (χ2n) is 4.68. The Labute approximate surface area is 121 Å². The number of carbonyl (C=O) groups excluding carboxylic acids is 1. The predicted molar refractivity (Wildman–Crippen MR) is 80.3 cm³/mol. The quantitative estimate of drug-likeness (QED) is 0.670. The number of methoxy groups -OCH3 is 1. The van der Waals surface area contributed by atoms with E-state index in [1.807, 2.05) is 12.1 Å². The summed E-state index contributed by atoms with van der Waals surface area (Å²) < 4.78 is 10.5. The van der Waals surface area contributed by atoms with Gasteiger partial charge >= 0.3 is 0 Å². The van der Waals surface area contributed by atoms with Gasteiger partial charge in [-0.3, -0.25) is 4.79 Å². The van der Waals surface area contributed by atoms with Crippen molar-refractivity contribution in [1.82, 2.24) is 5.32 Å². The second kappa shape index (κ2) is 10.3. The van der Waals surface area contributed by atoms with Crippen LogP contribution in [0, 0.1) is 0 Å². The van der Waals surface area contributed by atoms with Gasteiger partial charge in [-0.2, -0.15) is 0 Å². The molecule has 1 N–H and O–H groups in total. The van der Waals surface area contributed by atoms with Crippen LogP contribution in [0.5, 0.6) is 5.75 Å². The summed E-state index contributed by atoms with van der Waals surface area (Å²) in [4.78, 5) is 11.8. The van der Waals surface area contributed by atoms with Gasteiger partial charge in [0.1, 0.15) is 5.75 Å². The van der Waals surface area contributed by atoms with Gasteiger partial charge in [-0.25, -0.2) is 0 Å². The lowest BCUT2D eigenvalue weighted by Crippen LogP contribution is -2.25. The molecule has 20 heavy (non-hydrogen) atoms. The molecule has 1 amide bonds. The lowest BCUT2D eigenvalue weighted by atomic mass is 10.2. The largest absolute Gasteiger partial charge is 0.494 e. The van der Waals surface area contributed by atoms with Gasteiger partial charge in [-0.1, -0.05) is 19.8 Å². The first-order chi connectivity index (χ1) is 9.77. The number of amides is 1. The van der Waals surface area contributed by atoms with E-state index < -0.39 is 0 Å². The molecule has 4 heteroatoms. The third kappa shape index (κ3) is 6.57. The van der Waals surface area contributed by atoms with Crippen LogP contribution >= 0.6 is 0 Å². The van der Waals surface area contributed by atoms with E-state index in [0.29, 0.717) is 18.7 Å². The maximum atomic E-state index is 11.8. The van der Waals surface area contributed by atoms with Crippen LogP contribution in [0.15, 0.2) is 24.3 Å². The van der Waals surface area contributed by atoms with Gasteiger partial charge in [0.25, 0.3) is 5.91 Å². The fourth-order valence-electron chi connectivity index (χ4n) is 1.77. The van der Waals surface area contributed by atoms with E-state index in [0.717, 1.165) is 25.2 Å². The van der Waals surface area contributed by atoms with Crippen molar-refractivity contribution in [1.29, 1.82) is 0 Å². The van der Waals surface area contributed by atoms with E-state index in [4.69, 9.17) is 9.47 Å². The van der Waals surface area contributed by atoms with Gasteiger partial charge in [-0.05, 0) is 37.1 Å². The average molecular weight is 279 g/mol. The lowest BCUT2D eigenvalue weighted by molar-refractivity contribution is 0.0948. The summed E-state index contributed by atoms with van der Waals surface area (Å²) in [5.74, 6) is 0.760. The molecule has 112 valence electrons. The van der Waals surface area contributed by atoms with E-state index in [9.17, 15) is 4.79 Å². The molecule has 0 atom stereocenters. The fourth-order valence-corrected chi connectivity index (χ4v) is 1.77. The topological polar surface area (TPSA) is 47.6 Å². The molecule has 1 aromatic carbocycles. The summed E-state index contributed by atoms with van der Waals surface area (Å²) in [6, 6.07) is 7.27. The molecule has 0 bridgehead atoms. The third-order valence-electron chi connectivity index (χ3n) is 2.94. The number of benzene rings is 1. The standard InChI is InChI=1S/C16H25NO3/c1-3-4-5-13-20-15-9-7-14(8-10-15)16(18)17-11-6-12-19-2/h7-10H,3-6,11-13H2,1-2H3,(H,17,18). The monoisotopic (exact) mass is 279 g/mol. The Hall–Kier alpha value is -1.55. The Balaban J connectivity index is 2.31. The summed E-state index contributed by atoms with van der Waals surface area (Å²) in [7, 11) is 1.65. The number of nitrogens with one attached hydrogen (secondary N) is 1. The van der Waals surface area contributed by atoms with Gasteiger partial charge in [0.2, 0.25) is 0 Å². The molecule has 0 unspecified atom stereocenters. The van der Waals surface area contributed by atoms with Crippen molar-refractivity contribution in [3.05, 3.63) is 29.8 Å². The molecule has 0 aliphatic heterocycles. The fraction of sp³-hybridized carbons (Fsp3) is 0.562. The first-order valence-electron chi connectivity index (χ1n) is 7.28. The second-order valence-corrected chi connectivity index (χ2v) is 4.68. The number of hydrogen-bond donors (Lipinski definition) is 1. The van der Waals surface area contributed by atoms with Crippen LogP contribution in [0.1, 0.15) is 43.0 Å². The highest BCUT2D eigenvalue weighted by molar-refractivity contribution is 5.94. The van der Waals surface area contributed by atoms with Crippen LogP contribution in [-0.4, -0.2) is 32.8 Å². The molecule has 0 saturated carbocycles. The summed E-state index contributed by atoms with van der Waals surface area (Å²) >= 11 is 0. The van der Waals surface area contributed by atoms with Crippen molar-refractivity contribution >= 4 is 5.91 Å². The van der Waals surface area contributed by atoms with Crippen LogP contribution in [-0.2, 0) is 4.74 Å². The highest BCUT2D eigenvalue weighted by atomic mass is 16.5. The number of rotatable bonds is 10. The Morgan fingerprint density at radius 1 is 1.10 bits per heavy atom. The zero-order valence-corrected chi connectivity index (χ0v) is 12.5. The van der Waals surface area contributed by atoms with Gasteiger partial charge in [-0.15, -0.1) is 0 Å². The summed E-state index contributed by atoms with van der Waals surface area (Å²) in [5, 5.41) is 2.85. The van der Waals surface area contributed by atoms with Gasteiger partial charge in [0.15, 0.2) is 0 Å². The molecule has 0 radical (unpaired) electrons. The van der Waals surface area contributed by atoms with Crippen molar-refractivity contribution in [3.8, 4) is 5.75 Å². The van der Waals surface area contributed by atoms with E-state index in [1.54, 1.807) is 19.2 Å². The molecule has 4 nitrogen and oxygen atoms in total. The van der Waals surface area contributed by atoms with E-state index in [2.05, 4.69) is 12.2 Å². The number of unbranched alkanes of at least 4 members (excludes halogenated alkanes) is 2. The molecule has 0 heterocycles. The van der Waals surface area contributed by atoms with E-state index >= 15 is 0 Å². The van der Waals surface area contributed by atoms with Crippen LogP contribution in [0.3, 0.4) is 0 Å². The molecule has 1 rings (SSSR count). The maximum Gasteiger partial charge on any atom is 0.251 e. The molecule has 0 aliphatic rings. The number of carbonyl (C=O) groups is 1. The normalized spacial score (nSPS) is 10.3. The Kier molecular flexibility index (Phi) is 8.47. The number of hydrogen-bond acceptors (Lipinski definition) is 3. The van der Waals surface area contributed by atoms with Crippen LogP contribution in [0.4, 0.5) is 0 Å². The minimum Gasteiger partial charge on any atom is -0.494 e. The van der Waals surface area contributed by atoms with Crippen LogP contribution in [0.25, 0.3) is 0 Å². The van der Waals surface area contributed by atoms with E-state index in [-0.39, 0.29) is 5.91 Å². The predicted octanol–water partition coefficient (Wildman–Crippen LogP) is 3.02. The Morgan fingerprint density at radius 3 is 2.50 bits per heavy atom. The summed E-state index contributed by atoms with van der Waals surface area (Å²) in [6.45, 7) is 4.18. The molecule has 1 aromatic rings. The molecular weight excluding hydrogens is 254 g/mol. The first kappa shape index (κ1) is 16.5. The van der Waals surface area contributed by atoms with Crippen molar-refractivity contribution in [3.63, 3.8) is 0 Å². The zero-order chi connectivity index (χ0) is 14.6. The van der Waals surface area contributed by atoms with Crippen molar-refractivity contribution in [2.45, 2.75) is 32.6 Å². The lowest BCUT2D eigenvalue weighted by Gasteiger charge is -2.07. The molecular formula is C16H25NO3. The molecule has 0 aliphatic carbocycles. The van der Waals surface area contributed by atoms with Crippen LogP contribution in [0.2, 0.25) is 0 Å². The molecule has 0 spiro atoms.